The van der Waals surface area contributed by atoms with Gasteiger partial charge in [0.05, 0.1) is 18.4 Å². The zero-order chi connectivity index (χ0) is 10.9. The highest BCUT2D eigenvalue weighted by Crippen LogP contribution is 2.33. The van der Waals surface area contributed by atoms with E-state index in [4.69, 9.17) is 16.3 Å². The molecule has 3 nitrogen and oxygen atoms in total. The van der Waals surface area contributed by atoms with Crippen LogP contribution in [0.3, 0.4) is 0 Å². The molecule has 1 aliphatic rings. The van der Waals surface area contributed by atoms with E-state index in [1.54, 1.807) is 19.9 Å². The summed E-state index contributed by atoms with van der Waals surface area (Å²) in [5, 5.41) is 9.61. The van der Waals surface area contributed by atoms with Crippen molar-refractivity contribution < 1.29 is 14.6 Å². The van der Waals surface area contributed by atoms with Crippen molar-refractivity contribution in [3.63, 3.8) is 0 Å². The first-order valence-corrected chi connectivity index (χ1v) is 4.77. The first-order chi connectivity index (χ1) is 6.44. The highest BCUT2D eigenvalue weighted by Gasteiger charge is 2.36. The summed E-state index contributed by atoms with van der Waals surface area (Å²) in [5.41, 5.74) is -0.130. The third kappa shape index (κ3) is 1.64. The van der Waals surface area contributed by atoms with Gasteiger partial charge in [-0.3, -0.25) is 4.79 Å². The molecule has 1 rings (SSSR count). The summed E-state index contributed by atoms with van der Waals surface area (Å²) in [6.07, 6.45) is 1.67. The fourth-order valence-electron chi connectivity index (χ4n) is 1.41. The first kappa shape index (κ1) is 11.1. The van der Waals surface area contributed by atoms with Gasteiger partial charge >= 0.3 is 0 Å². The van der Waals surface area contributed by atoms with Crippen LogP contribution in [0.2, 0.25) is 0 Å². The number of methoxy groups -OCH3 is 1. The average molecular weight is 217 g/mol. The molecule has 4 heteroatoms. The second-order valence-corrected chi connectivity index (χ2v) is 4.00. The number of carbonyl (C=O) groups is 1. The summed E-state index contributed by atoms with van der Waals surface area (Å²) < 4.78 is 4.86. The minimum absolute atomic E-state index is 0.00634. The molecule has 1 N–H and O–H groups in total. The molecule has 0 amide bonds. The molecule has 0 saturated carbocycles. The van der Waals surface area contributed by atoms with E-state index in [-0.39, 0.29) is 23.2 Å². The largest absolute Gasteiger partial charge is 0.504 e. The van der Waals surface area contributed by atoms with E-state index in [1.165, 1.54) is 7.11 Å². The molecule has 0 atom stereocenters. The normalized spacial score (nSPS) is 20.9. The lowest BCUT2D eigenvalue weighted by atomic mass is 9.81. The van der Waals surface area contributed by atoms with Crippen LogP contribution in [-0.4, -0.2) is 23.9 Å². The standard InChI is InChI=1S/C10H13ClO3/c1-10(2)4-6(5-11)7(12)8(14-3)9(10)13/h4,12H,5H2,1-3H3. The van der Waals surface area contributed by atoms with E-state index in [1.807, 2.05) is 0 Å². The molecule has 0 aromatic carbocycles. The van der Waals surface area contributed by atoms with Crippen LogP contribution in [0.15, 0.2) is 23.2 Å². The van der Waals surface area contributed by atoms with E-state index in [0.29, 0.717) is 5.57 Å². The maximum absolute atomic E-state index is 11.7. The molecule has 0 saturated heterocycles. The number of halogens is 1. The van der Waals surface area contributed by atoms with Gasteiger partial charge in [-0.05, 0) is 13.8 Å². The Bertz CT molecular complexity index is 326. The van der Waals surface area contributed by atoms with Crippen LogP contribution in [0.4, 0.5) is 0 Å². The number of Topliss-reactive ketones (excluding diaryl/α,β-unsaturated/α-hetero) is 1. The van der Waals surface area contributed by atoms with E-state index in [2.05, 4.69) is 0 Å². The fraction of sp³-hybridized carbons (Fsp3) is 0.500. The Morgan fingerprint density at radius 3 is 2.57 bits per heavy atom. The van der Waals surface area contributed by atoms with Crippen LogP contribution in [0.1, 0.15) is 13.8 Å². The van der Waals surface area contributed by atoms with Gasteiger partial charge in [-0.15, -0.1) is 11.6 Å². The molecular weight excluding hydrogens is 204 g/mol. The van der Waals surface area contributed by atoms with Crippen molar-refractivity contribution in [2.45, 2.75) is 13.8 Å². The molecule has 0 aromatic rings. The Labute approximate surface area is 88.0 Å². The molecule has 0 unspecified atom stereocenters. The lowest BCUT2D eigenvalue weighted by Gasteiger charge is -2.26. The van der Waals surface area contributed by atoms with Gasteiger partial charge in [-0.2, -0.15) is 0 Å². The van der Waals surface area contributed by atoms with Crippen molar-refractivity contribution in [1.82, 2.24) is 0 Å². The number of hydrogen-bond acceptors (Lipinski definition) is 3. The van der Waals surface area contributed by atoms with Crippen LogP contribution < -0.4 is 0 Å². The van der Waals surface area contributed by atoms with Crippen LogP contribution in [0, 0.1) is 5.41 Å². The van der Waals surface area contributed by atoms with E-state index in [9.17, 15) is 9.90 Å². The number of aliphatic hydroxyl groups excluding tert-OH is 1. The maximum Gasteiger partial charge on any atom is 0.210 e. The molecule has 0 aromatic heterocycles. The van der Waals surface area contributed by atoms with Crippen LogP contribution in [0.25, 0.3) is 0 Å². The maximum atomic E-state index is 11.7. The molecule has 0 heterocycles. The van der Waals surface area contributed by atoms with Crippen molar-refractivity contribution in [3.8, 4) is 0 Å². The number of rotatable bonds is 2. The number of carbonyl (C=O) groups excluding carboxylic acids is 1. The Hall–Kier alpha value is -0.960. The van der Waals surface area contributed by atoms with Gasteiger partial charge in [-0.25, -0.2) is 0 Å². The van der Waals surface area contributed by atoms with Gasteiger partial charge in [-0.1, -0.05) is 6.08 Å². The number of ether oxygens (including phenoxy) is 1. The molecule has 0 spiro atoms. The monoisotopic (exact) mass is 216 g/mol. The Kier molecular flexibility index (Phi) is 2.90. The highest BCUT2D eigenvalue weighted by atomic mass is 35.5. The lowest BCUT2D eigenvalue weighted by Crippen LogP contribution is -2.30. The van der Waals surface area contributed by atoms with Crippen LogP contribution >= 0.6 is 11.6 Å². The summed E-state index contributed by atoms with van der Waals surface area (Å²) in [5.74, 6) is -0.221. The topological polar surface area (TPSA) is 46.5 Å². The third-order valence-electron chi connectivity index (χ3n) is 2.19. The number of allylic oxidation sites excluding steroid dienone is 3. The predicted octanol–water partition coefficient (Wildman–Crippen LogP) is 2.18. The van der Waals surface area contributed by atoms with Crippen molar-refractivity contribution in [1.29, 1.82) is 0 Å². The summed E-state index contributed by atoms with van der Waals surface area (Å²) >= 11 is 5.64. The lowest BCUT2D eigenvalue weighted by molar-refractivity contribution is -0.124. The summed E-state index contributed by atoms with van der Waals surface area (Å²) in [6.45, 7) is 3.51. The zero-order valence-corrected chi connectivity index (χ0v) is 9.18. The van der Waals surface area contributed by atoms with E-state index in [0.717, 1.165) is 0 Å². The Morgan fingerprint density at radius 2 is 2.14 bits per heavy atom. The molecule has 0 radical (unpaired) electrons. The zero-order valence-electron chi connectivity index (χ0n) is 8.43. The molecule has 0 bridgehead atoms. The third-order valence-corrected chi connectivity index (χ3v) is 2.48. The number of alkyl halides is 1. The predicted molar refractivity (Wildman–Crippen MR) is 54.3 cm³/mol. The van der Waals surface area contributed by atoms with Crippen molar-refractivity contribution in [2.75, 3.05) is 13.0 Å². The van der Waals surface area contributed by atoms with Crippen molar-refractivity contribution in [3.05, 3.63) is 23.2 Å². The molecule has 1 aliphatic carbocycles. The summed E-state index contributed by atoms with van der Waals surface area (Å²) in [6, 6.07) is 0. The van der Waals surface area contributed by atoms with Gasteiger partial charge in [0.15, 0.2) is 5.76 Å². The van der Waals surface area contributed by atoms with Gasteiger partial charge in [0.25, 0.3) is 0 Å². The van der Waals surface area contributed by atoms with E-state index >= 15 is 0 Å². The average Bonchev–Trinajstić information content (AvgIpc) is 2.13. The van der Waals surface area contributed by atoms with Gasteiger partial charge in [0, 0.05) is 5.57 Å². The van der Waals surface area contributed by atoms with Gasteiger partial charge in [0.1, 0.15) is 0 Å². The number of ketones is 1. The molecule has 14 heavy (non-hydrogen) atoms. The second-order valence-electron chi connectivity index (χ2n) is 3.74. The van der Waals surface area contributed by atoms with Gasteiger partial charge in [0.2, 0.25) is 11.5 Å². The second kappa shape index (κ2) is 3.65. The minimum atomic E-state index is -0.665. The quantitative estimate of drug-likeness (QED) is 0.720. The smallest absolute Gasteiger partial charge is 0.210 e. The Morgan fingerprint density at radius 1 is 1.57 bits per heavy atom. The Balaban J connectivity index is 3.25. The molecule has 0 fully saturated rings. The fourth-order valence-corrected chi connectivity index (χ4v) is 1.61. The van der Waals surface area contributed by atoms with Crippen molar-refractivity contribution in [2.24, 2.45) is 5.41 Å². The number of hydrogen-bond donors (Lipinski definition) is 1. The van der Waals surface area contributed by atoms with Crippen LogP contribution in [-0.2, 0) is 9.53 Å². The summed E-state index contributed by atoms with van der Waals surface area (Å²) in [4.78, 5) is 11.7. The SMILES string of the molecule is COC1=C(O)C(CCl)=CC(C)(C)C1=O. The molecular formula is C10H13ClO3. The summed E-state index contributed by atoms with van der Waals surface area (Å²) in [7, 11) is 1.36. The van der Waals surface area contributed by atoms with E-state index < -0.39 is 5.41 Å². The molecule has 0 aliphatic heterocycles. The first-order valence-electron chi connectivity index (χ1n) is 4.24. The minimum Gasteiger partial charge on any atom is -0.504 e. The van der Waals surface area contributed by atoms with Crippen molar-refractivity contribution >= 4 is 17.4 Å². The number of aliphatic hydroxyl groups is 1. The van der Waals surface area contributed by atoms with Gasteiger partial charge < -0.3 is 9.84 Å². The highest BCUT2D eigenvalue weighted by molar-refractivity contribution is 6.20. The van der Waals surface area contributed by atoms with Crippen LogP contribution in [0.5, 0.6) is 0 Å². The molecule has 78 valence electrons.